The Hall–Kier alpha value is -4.06. The zero-order valence-electron chi connectivity index (χ0n) is 21.0. The summed E-state index contributed by atoms with van der Waals surface area (Å²) in [6.45, 7) is -0.173. The molecule has 2 aliphatic carbocycles. The first-order valence-electron chi connectivity index (χ1n) is 12.6. The Labute approximate surface area is 221 Å². The van der Waals surface area contributed by atoms with E-state index in [1.54, 1.807) is 34.9 Å². The highest BCUT2D eigenvalue weighted by Crippen LogP contribution is 2.45. The summed E-state index contributed by atoms with van der Waals surface area (Å²) in [6, 6.07) is 8.63. The predicted octanol–water partition coefficient (Wildman–Crippen LogP) is 5.11. The zero-order chi connectivity index (χ0) is 27.1. The standard InChI is InChI=1S/C27H25F3N6O3/c1-38-26-22(23(16-6-7-16)31-14-32-26)24-33-18(12-37)10-21(35-24)39-13-15-2-4-17(5-3-15)25-34-20(27(28,29)30)11-36(25)19-8-9-19/h2-5,10-11,14,16,19,37H,6-9,12-13H2,1H3. The number of alkyl halides is 3. The zero-order valence-corrected chi connectivity index (χ0v) is 21.0. The van der Waals surface area contributed by atoms with Crippen molar-refractivity contribution in [2.45, 2.75) is 57.0 Å². The third-order valence-electron chi connectivity index (χ3n) is 6.70. The highest BCUT2D eigenvalue weighted by atomic mass is 19.4. The highest BCUT2D eigenvalue weighted by Gasteiger charge is 2.37. The van der Waals surface area contributed by atoms with E-state index < -0.39 is 11.9 Å². The van der Waals surface area contributed by atoms with Gasteiger partial charge in [-0.05, 0) is 31.2 Å². The van der Waals surface area contributed by atoms with Gasteiger partial charge in [-0.15, -0.1) is 0 Å². The molecule has 12 heteroatoms. The van der Waals surface area contributed by atoms with E-state index in [-0.39, 0.29) is 31.1 Å². The second kappa shape index (κ2) is 9.92. The average Bonchev–Trinajstić information content (AvgIpc) is 3.89. The molecular weight excluding hydrogens is 513 g/mol. The van der Waals surface area contributed by atoms with Crippen LogP contribution in [0.3, 0.4) is 0 Å². The van der Waals surface area contributed by atoms with Crippen molar-refractivity contribution in [3.05, 3.63) is 65.5 Å². The Balaban J connectivity index is 1.24. The molecule has 2 aliphatic rings. The number of methoxy groups -OCH3 is 1. The molecule has 0 amide bonds. The van der Waals surface area contributed by atoms with Gasteiger partial charge in [0, 0.05) is 29.8 Å². The first-order chi connectivity index (χ1) is 18.8. The number of aliphatic hydroxyl groups excluding tert-OH is 1. The summed E-state index contributed by atoms with van der Waals surface area (Å²) in [5, 5.41) is 9.81. The monoisotopic (exact) mass is 538 g/mol. The topological polar surface area (TPSA) is 108 Å². The largest absolute Gasteiger partial charge is 0.480 e. The quantitative estimate of drug-likeness (QED) is 0.313. The maximum absolute atomic E-state index is 13.3. The van der Waals surface area contributed by atoms with E-state index in [1.165, 1.54) is 13.4 Å². The van der Waals surface area contributed by atoms with Crippen LogP contribution in [0.25, 0.3) is 22.8 Å². The van der Waals surface area contributed by atoms with Crippen molar-refractivity contribution in [1.29, 1.82) is 0 Å². The summed E-state index contributed by atoms with van der Waals surface area (Å²) in [6.07, 6.45) is 1.74. The fourth-order valence-electron chi connectivity index (χ4n) is 4.43. The Bertz CT molecular complexity index is 1500. The van der Waals surface area contributed by atoms with E-state index in [0.29, 0.717) is 34.3 Å². The van der Waals surface area contributed by atoms with Crippen molar-refractivity contribution in [1.82, 2.24) is 29.5 Å². The molecule has 0 saturated heterocycles. The molecule has 0 aliphatic heterocycles. The Morgan fingerprint density at radius 2 is 1.79 bits per heavy atom. The summed E-state index contributed by atoms with van der Waals surface area (Å²) in [7, 11) is 1.51. The van der Waals surface area contributed by atoms with E-state index in [2.05, 4.69) is 24.9 Å². The van der Waals surface area contributed by atoms with Gasteiger partial charge in [-0.25, -0.2) is 19.9 Å². The van der Waals surface area contributed by atoms with Gasteiger partial charge in [-0.3, -0.25) is 0 Å². The van der Waals surface area contributed by atoms with Crippen molar-refractivity contribution in [3.63, 3.8) is 0 Å². The van der Waals surface area contributed by atoms with E-state index >= 15 is 0 Å². The van der Waals surface area contributed by atoms with E-state index in [0.717, 1.165) is 43.1 Å². The molecule has 2 saturated carbocycles. The molecule has 0 bridgehead atoms. The molecule has 39 heavy (non-hydrogen) atoms. The lowest BCUT2D eigenvalue weighted by atomic mass is 10.1. The van der Waals surface area contributed by atoms with Gasteiger partial charge in [0.05, 0.1) is 25.1 Å². The van der Waals surface area contributed by atoms with Crippen molar-refractivity contribution < 1.29 is 27.8 Å². The summed E-state index contributed by atoms with van der Waals surface area (Å²) in [5.74, 6) is 1.49. The Morgan fingerprint density at radius 1 is 1.03 bits per heavy atom. The van der Waals surface area contributed by atoms with E-state index in [1.807, 2.05) is 0 Å². The summed E-state index contributed by atoms with van der Waals surface area (Å²) < 4.78 is 52.8. The lowest BCUT2D eigenvalue weighted by Crippen LogP contribution is -2.06. The summed E-state index contributed by atoms with van der Waals surface area (Å²) in [5.41, 5.74) is 2.24. The number of aliphatic hydroxyl groups is 1. The number of imidazole rings is 1. The maximum Gasteiger partial charge on any atom is 0.434 e. The summed E-state index contributed by atoms with van der Waals surface area (Å²) in [4.78, 5) is 21.5. The SMILES string of the molecule is COc1ncnc(C2CC2)c1-c1nc(CO)cc(OCc2ccc(-c3nc(C(F)(F)F)cn3C3CC3)cc2)n1. The molecule has 2 fully saturated rings. The molecule has 6 rings (SSSR count). The first kappa shape index (κ1) is 25.2. The molecule has 0 spiro atoms. The van der Waals surface area contributed by atoms with Crippen molar-refractivity contribution in [2.75, 3.05) is 7.11 Å². The second-order valence-corrected chi connectivity index (χ2v) is 9.67. The lowest BCUT2D eigenvalue weighted by molar-refractivity contribution is -0.140. The molecule has 0 unspecified atom stereocenters. The van der Waals surface area contributed by atoms with Gasteiger partial charge >= 0.3 is 6.18 Å². The van der Waals surface area contributed by atoms with Crippen LogP contribution in [0.1, 0.15) is 60.3 Å². The number of aromatic nitrogens is 6. The Kier molecular flexibility index (Phi) is 6.42. The normalized spacial score (nSPS) is 15.4. The van der Waals surface area contributed by atoms with Gasteiger partial charge in [0.25, 0.3) is 0 Å². The third kappa shape index (κ3) is 5.29. The number of rotatable bonds is 9. The number of ether oxygens (including phenoxy) is 2. The molecule has 3 heterocycles. The third-order valence-corrected chi connectivity index (χ3v) is 6.70. The average molecular weight is 539 g/mol. The minimum absolute atomic E-state index is 0.0494. The van der Waals surface area contributed by atoms with Gasteiger partial charge < -0.3 is 19.1 Å². The van der Waals surface area contributed by atoms with E-state index in [4.69, 9.17) is 9.47 Å². The highest BCUT2D eigenvalue weighted by molar-refractivity contribution is 5.66. The van der Waals surface area contributed by atoms with Gasteiger partial charge in [0.2, 0.25) is 11.8 Å². The number of benzene rings is 1. The number of halogens is 3. The van der Waals surface area contributed by atoms with Crippen LogP contribution in [0.15, 0.2) is 42.9 Å². The van der Waals surface area contributed by atoms with Crippen LogP contribution in [0.4, 0.5) is 13.2 Å². The molecular formula is C27H25F3N6O3. The van der Waals surface area contributed by atoms with Crippen molar-refractivity contribution in [3.8, 4) is 34.5 Å². The van der Waals surface area contributed by atoms with Crippen LogP contribution < -0.4 is 9.47 Å². The molecule has 4 aromatic rings. The molecule has 9 nitrogen and oxygen atoms in total. The number of hydrogen-bond donors (Lipinski definition) is 1. The van der Waals surface area contributed by atoms with Crippen LogP contribution in [-0.2, 0) is 19.4 Å². The van der Waals surface area contributed by atoms with Crippen LogP contribution in [0, 0.1) is 0 Å². The van der Waals surface area contributed by atoms with Gasteiger partial charge in [-0.2, -0.15) is 18.2 Å². The van der Waals surface area contributed by atoms with Crippen molar-refractivity contribution in [2.24, 2.45) is 0 Å². The smallest absolute Gasteiger partial charge is 0.434 e. The molecule has 1 aromatic carbocycles. The molecule has 0 atom stereocenters. The fraction of sp³-hybridized carbons (Fsp3) is 0.370. The first-order valence-corrected chi connectivity index (χ1v) is 12.6. The van der Waals surface area contributed by atoms with Gasteiger partial charge in [0.1, 0.15) is 24.3 Å². The fourth-order valence-corrected chi connectivity index (χ4v) is 4.43. The predicted molar refractivity (Wildman–Crippen MR) is 133 cm³/mol. The minimum Gasteiger partial charge on any atom is -0.480 e. The summed E-state index contributed by atoms with van der Waals surface area (Å²) >= 11 is 0. The second-order valence-electron chi connectivity index (χ2n) is 9.67. The van der Waals surface area contributed by atoms with Crippen LogP contribution in [0.5, 0.6) is 11.8 Å². The van der Waals surface area contributed by atoms with Crippen LogP contribution >= 0.6 is 0 Å². The number of hydrogen-bond acceptors (Lipinski definition) is 8. The van der Waals surface area contributed by atoms with Crippen LogP contribution in [0.2, 0.25) is 0 Å². The Morgan fingerprint density at radius 3 is 2.44 bits per heavy atom. The van der Waals surface area contributed by atoms with E-state index in [9.17, 15) is 18.3 Å². The molecule has 202 valence electrons. The number of nitrogens with zero attached hydrogens (tertiary/aromatic N) is 6. The van der Waals surface area contributed by atoms with Crippen molar-refractivity contribution >= 4 is 0 Å². The van der Waals surface area contributed by atoms with Gasteiger partial charge in [0.15, 0.2) is 11.5 Å². The minimum atomic E-state index is -4.50. The van der Waals surface area contributed by atoms with Gasteiger partial charge in [-0.1, -0.05) is 24.3 Å². The lowest BCUT2D eigenvalue weighted by Gasteiger charge is -2.13. The van der Waals surface area contributed by atoms with Crippen LogP contribution in [-0.4, -0.2) is 41.7 Å². The molecule has 1 N–H and O–H groups in total. The maximum atomic E-state index is 13.3. The molecule has 0 radical (unpaired) electrons. The molecule has 3 aromatic heterocycles.